The number of nitrogens with one attached hydrogen (secondary N) is 1. The fourth-order valence-electron chi connectivity index (χ4n) is 2.31. The summed E-state index contributed by atoms with van der Waals surface area (Å²) in [6.07, 6.45) is 3.35. The van der Waals surface area contributed by atoms with E-state index < -0.39 is 0 Å². The van der Waals surface area contributed by atoms with Crippen molar-refractivity contribution >= 4 is 5.91 Å². The number of rotatable bonds is 3. The lowest BCUT2D eigenvalue weighted by molar-refractivity contribution is -0.127. The highest BCUT2D eigenvalue weighted by atomic mass is 16.2. The van der Waals surface area contributed by atoms with Crippen molar-refractivity contribution in [3.05, 3.63) is 35.9 Å². The highest BCUT2D eigenvalue weighted by molar-refractivity contribution is 5.81. The van der Waals surface area contributed by atoms with Gasteiger partial charge in [-0.25, -0.2) is 0 Å². The maximum Gasteiger partial charge on any atom is 0.237 e. The summed E-state index contributed by atoms with van der Waals surface area (Å²) in [5, 5.41) is 3.02. The zero-order valence-electron chi connectivity index (χ0n) is 10.4. The van der Waals surface area contributed by atoms with Gasteiger partial charge in [0, 0.05) is 6.54 Å². The Balaban J connectivity index is 1.84. The molecule has 1 aromatic rings. The number of benzene rings is 1. The first kappa shape index (κ1) is 12.1. The van der Waals surface area contributed by atoms with Crippen LogP contribution in [0.5, 0.6) is 0 Å². The summed E-state index contributed by atoms with van der Waals surface area (Å²) in [5.41, 5.74) is 1.15. The third kappa shape index (κ3) is 3.30. The minimum absolute atomic E-state index is 0.0625. The van der Waals surface area contributed by atoms with Crippen molar-refractivity contribution in [2.24, 2.45) is 0 Å². The molecule has 1 atom stereocenters. The van der Waals surface area contributed by atoms with Gasteiger partial charge in [-0.3, -0.25) is 9.69 Å². The van der Waals surface area contributed by atoms with Crippen molar-refractivity contribution in [1.82, 2.24) is 10.2 Å². The molecule has 1 N–H and O–H groups in total. The topological polar surface area (TPSA) is 32.3 Å². The predicted octanol–water partition coefficient (Wildman–Crippen LogP) is 1.79. The SMILES string of the molecule is CN1CCCCC1C(=O)NCc1ccccc1. The molecule has 1 amide bonds. The van der Waals surface area contributed by atoms with Gasteiger partial charge in [0.05, 0.1) is 6.04 Å². The van der Waals surface area contributed by atoms with E-state index >= 15 is 0 Å². The van der Waals surface area contributed by atoms with E-state index in [0.717, 1.165) is 24.9 Å². The van der Waals surface area contributed by atoms with Crippen LogP contribution < -0.4 is 5.32 Å². The third-order valence-electron chi connectivity index (χ3n) is 3.38. The van der Waals surface area contributed by atoms with Crippen LogP contribution in [0.3, 0.4) is 0 Å². The van der Waals surface area contributed by atoms with Crippen LogP contribution in [0.4, 0.5) is 0 Å². The predicted molar refractivity (Wildman–Crippen MR) is 68.6 cm³/mol. The molecule has 1 heterocycles. The Morgan fingerprint density at radius 1 is 1.35 bits per heavy atom. The van der Waals surface area contributed by atoms with Gasteiger partial charge < -0.3 is 5.32 Å². The zero-order valence-corrected chi connectivity index (χ0v) is 10.4. The van der Waals surface area contributed by atoms with Gasteiger partial charge in [0.25, 0.3) is 0 Å². The van der Waals surface area contributed by atoms with Crippen LogP contribution in [-0.2, 0) is 11.3 Å². The Morgan fingerprint density at radius 3 is 2.82 bits per heavy atom. The second-order valence-electron chi connectivity index (χ2n) is 4.70. The number of hydrogen-bond acceptors (Lipinski definition) is 2. The molecular weight excluding hydrogens is 212 g/mol. The minimum atomic E-state index is 0.0625. The van der Waals surface area contributed by atoms with Gasteiger partial charge in [0.2, 0.25) is 5.91 Å². The van der Waals surface area contributed by atoms with Crippen LogP contribution in [0.1, 0.15) is 24.8 Å². The number of carbonyl (C=O) groups excluding carboxylic acids is 1. The second kappa shape index (κ2) is 5.82. The summed E-state index contributed by atoms with van der Waals surface area (Å²) in [6, 6.07) is 10.1. The van der Waals surface area contributed by atoms with Gasteiger partial charge in [-0.05, 0) is 32.0 Å². The Hall–Kier alpha value is -1.35. The van der Waals surface area contributed by atoms with Crippen molar-refractivity contribution in [2.75, 3.05) is 13.6 Å². The minimum Gasteiger partial charge on any atom is -0.351 e. The van der Waals surface area contributed by atoms with E-state index in [0.29, 0.717) is 6.54 Å². The first-order valence-electron chi connectivity index (χ1n) is 6.29. The van der Waals surface area contributed by atoms with E-state index in [4.69, 9.17) is 0 Å². The summed E-state index contributed by atoms with van der Waals surface area (Å²) in [4.78, 5) is 14.2. The van der Waals surface area contributed by atoms with Crippen molar-refractivity contribution in [2.45, 2.75) is 31.8 Å². The second-order valence-corrected chi connectivity index (χ2v) is 4.70. The summed E-state index contributed by atoms with van der Waals surface area (Å²) in [7, 11) is 2.03. The Morgan fingerprint density at radius 2 is 2.12 bits per heavy atom. The first-order chi connectivity index (χ1) is 8.27. The molecule has 1 saturated heterocycles. The molecule has 17 heavy (non-hydrogen) atoms. The van der Waals surface area contributed by atoms with Gasteiger partial charge in [-0.15, -0.1) is 0 Å². The molecule has 2 rings (SSSR count). The molecule has 1 aliphatic rings. The third-order valence-corrected chi connectivity index (χ3v) is 3.38. The van der Waals surface area contributed by atoms with Crippen LogP contribution in [-0.4, -0.2) is 30.4 Å². The van der Waals surface area contributed by atoms with Crippen molar-refractivity contribution < 1.29 is 4.79 Å². The van der Waals surface area contributed by atoms with Gasteiger partial charge >= 0.3 is 0 Å². The van der Waals surface area contributed by atoms with Crippen LogP contribution in [0.15, 0.2) is 30.3 Å². The van der Waals surface area contributed by atoms with E-state index in [-0.39, 0.29) is 11.9 Å². The Bertz CT molecular complexity index is 364. The fraction of sp³-hybridized carbons (Fsp3) is 0.500. The smallest absolute Gasteiger partial charge is 0.237 e. The van der Waals surface area contributed by atoms with Crippen molar-refractivity contribution in [3.8, 4) is 0 Å². The van der Waals surface area contributed by atoms with E-state index in [2.05, 4.69) is 10.2 Å². The van der Waals surface area contributed by atoms with Crippen LogP contribution >= 0.6 is 0 Å². The number of amides is 1. The van der Waals surface area contributed by atoms with Gasteiger partial charge in [0.15, 0.2) is 0 Å². The average molecular weight is 232 g/mol. The number of carbonyl (C=O) groups is 1. The average Bonchev–Trinajstić information content (AvgIpc) is 2.38. The molecule has 92 valence electrons. The molecule has 0 aromatic heterocycles. The molecule has 0 saturated carbocycles. The largest absolute Gasteiger partial charge is 0.351 e. The van der Waals surface area contributed by atoms with Gasteiger partial charge in [0.1, 0.15) is 0 Å². The van der Waals surface area contributed by atoms with Gasteiger partial charge in [-0.2, -0.15) is 0 Å². The van der Waals surface area contributed by atoms with Crippen LogP contribution in [0.25, 0.3) is 0 Å². The molecule has 1 aliphatic heterocycles. The standard InChI is InChI=1S/C14H20N2O/c1-16-10-6-5-9-13(16)14(17)15-11-12-7-3-2-4-8-12/h2-4,7-8,13H,5-6,9-11H2,1H3,(H,15,17). The molecule has 3 heteroatoms. The maximum absolute atomic E-state index is 12.0. The molecular formula is C14H20N2O. The lowest BCUT2D eigenvalue weighted by Gasteiger charge is -2.31. The Kier molecular flexibility index (Phi) is 4.15. The fourth-order valence-corrected chi connectivity index (χ4v) is 2.31. The number of nitrogens with zero attached hydrogens (tertiary/aromatic N) is 1. The molecule has 0 aliphatic carbocycles. The zero-order chi connectivity index (χ0) is 12.1. The summed E-state index contributed by atoms with van der Waals surface area (Å²) >= 11 is 0. The summed E-state index contributed by atoms with van der Waals surface area (Å²) < 4.78 is 0. The van der Waals surface area contributed by atoms with E-state index in [1.807, 2.05) is 37.4 Å². The molecule has 0 spiro atoms. The maximum atomic E-state index is 12.0. The number of piperidine rings is 1. The van der Waals surface area contributed by atoms with E-state index in [1.165, 1.54) is 6.42 Å². The normalized spacial score (nSPS) is 21.1. The Labute approximate surface area is 103 Å². The molecule has 1 aromatic carbocycles. The first-order valence-corrected chi connectivity index (χ1v) is 6.29. The van der Waals surface area contributed by atoms with Crippen molar-refractivity contribution in [3.63, 3.8) is 0 Å². The summed E-state index contributed by atoms with van der Waals surface area (Å²) in [6.45, 7) is 1.66. The van der Waals surface area contributed by atoms with Crippen LogP contribution in [0, 0.1) is 0 Å². The molecule has 3 nitrogen and oxygen atoms in total. The number of hydrogen-bond donors (Lipinski definition) is 1. The molecule has 1 fully saturated rings. The molecule has 0 bridgehead atoms. The molecule has 0 radical (unpaired) electrons. The van der Waals surface area contributed by atoms with Crippen molar-refractivity contribution in [1.29, 1.82) is 0 Å². The van der Waals surface area contributed by atoms with Crippen LogP contribution in [0.2, 0.25) is 0 Å². The quantitative estimate of drug-likeness (QED) is 0.861. The highest BCUT2D eigenvalue weighted by Gasteiger charge is 2.25. The summed E-state index contributed by atoms with van der Waals surface area (Å²) in [5.74, 6) is 0.163. The van der Waals surface area contributed by atoms with E-state index in [9.17, 15) is 4.79 Å². The monoisotopic (exact) mass is 232 g/mol. The lowest BCUT2D eigenvalue weighted by atomic mass is 10.0. The number of likely N-dealkylation sites (tertiary alicyclic amines) is 1. The number of likely N-dealkylation sites (N-methyl/N-ethyl adjacent to an activating group) is 1. The lowest BCUT2D eigenvalue weighted by Crippen LogP contribution is -2.47. The highest BCUT2D eigenvalue weighted by Crippen LogP contribution is 2.15. The van der Waals surface area contributed by atoms with E-state index in [1.54, 1.807) is 0 Å². The molecule has 1 unspecified atom stereocenters. The van der Waals surface area contributed by atoms with Gasteiger partial charge in [-0.1, -0.05) is 36.8 Å².